The monoisotopic (exact) mass is 305 g/mol. The Hall–Kier alpha value is -0.210. The lowest BCUT2D eigenvalue weighted by atomic mass is 9.98. The van der Waals surface area contributed by atoms with Crippen molar-refractivity contribution >= 4 is 10.2 Å². The van der Waals surface area contributed by atoms with Crippen LogP contribution >= 0.6 is 0 Å². The Morgan fingerprint density at radius 1 is 1.20 bits per heavy atom. The molecule has 2 heterocycles. The summed E-state index contributed by atoms with van der Waals surface area (Å²) in [5.74, 6) is 0.465. The molecule has 0 aliphatic carbocycles. The van der Waals surface area contributed by atoms with Crippen LogP contribution in [0.1, 0.15) is 26.7 Å². The molecule has 7 heteroatoms. The summed E-state index contributed by atoms with van der Waals surface area (Å²) in [5.41, 5.74) is 0. The van der Waals surface area contributed by atoms with E-state index in [1.54, 1.807) is 11.4 Å². The van der Waals surface area contributed by atoms with Crippen molar-refractivity contribution in [2.45, 2.75) is 38.9 Å². The largest absolute Gasteiger partial charge is 0.373 e. The van der Waals surface area contributed by atoms with E-state index in [0.717, 1.165) is 25.9 Å². The molecule has 2 fully saturated rings. The second kappa shape index (κ2) is 6.70. The van der Waals surface area contributed by atoms with Crippen molar-refractivity contribution in [2.24, 2.45) is 5.92 Å². The summed E-state index contributed by atoms with van der Waals surface area (Å²) < 4.78 is 34.0. The second-order valence-electron chi connectivity index (χ2n) is 6.06. The Morgan fingerprint density at radius 2 is 1.75 bits per heavy atom. The Balaban J connectivity index is 1.97. The molecule has 118 valence electrons. The van der Waals surface area contributed by atoms with Gasteiger partial charge in [-0.3, -0.25) is 0 Å². The van der Waals surface area contributed by atoms with Gasteiger partial charge in [-0.15, -0.1) is 0 Å². The Morgan fingerprint density at radius 3 is 2.30 bits per heavy atom. The number of hydrogen-bond donors (Lipinski definition) is 1. The van der Waals surface area contributed by atoms with Gasteiger partial charge in [0.05, 0.1) is 12.2 Å². The predicted molar refractivity (Wildman–Crippen MR) is 78.7 cm³/mol. The smallest absolute Gasteiger partial charge is 0.281 e. The van der Waals surface area contributed by atoms with Crippen molar-refractivity contribution in [3.8, 4) is 0 Å². The number of nitrogens with one attached hydrogen (secondary N) is 1. The number of nitrogens with zero attached hydrogens (tertiary/aromatic N) is 2. The Bertz CT molecular complexity index is 399. The molecular formula is C13H27N3O3S. The van der Waals surface area contributed by atoms with Gasteiger partial charge in [0.2, 0.25) is 0 Å². The topological polar surface area (TPSA) is 61.9 Å². The van der Waals surface area contributed by atoms with Crippen molar-refractivity contribution in [3.63, 3.8) is 0 Å². The fourth-order valence-corrected chi connectivity index (χ4v) is 4.63. The number of ether oxygens (including phenoxy) is 1. The van der Waals surface area contributed by atoms with Gasteiger partial charge in [0, 0.05) is 26.7 Å². The highest BCUT2D eigenvalue weighted by atomic mass is 32.2. The molecule has 0 aromatic heterocycles. The van der Waals surface area contributed by atoms with Crippen LogP contribution in [0.5, 0.6) is 0 Å². The zero-order valence-corrected chi connectivity index (χ0v) is 13.5. The summed E-state index contributed by atoms with van der Waals surface area (Å²) in [6.45, 7) is 7.33. The second-order valence-corrected chi connectivity index (χ2v) is 8.09. The van der Waals surface area contributed by atoms with E-state index in [1.165, 1.54) is 4.31 Å². The van der Waals surface area contributed by atoms with Crippen LogP contribution in [0.2, 0.25) is 0 Å². The molecule has 0 spiro atoms. The first-order chi connectivity index (χ1) is 9.39. The lowest BCUT2D eigenvalue weighted by molar-refractivity contribution is -0.0453. The summed E-state index contributed by atoms with van der Waals surface area (Å²) in [6.07, 6.45) is 2.02. The van der Waals surface area contributed by atoms with Crippen LogP contribution in [-0.4, -0.2) is 69.0 Å². The third-order valence-corrected chi connectivity index (χ3v) is 5.97. The lowest BCUT2D eigenvalue weighted by Crippen LogP contribution is -2.53. The van der Waals surface area contributed by atoms with Gasteiger partial charge in [-0.2, -0.15) is 17.0 Å². The van der Waals surface area contributed by atoms with E-state index < -0.39 is 10.2 Å². The molecule has 2 aliphatic heterocycles. The number of morpholine rings is 1. The highest BCUT2D eigenvalue weighted by Gasteiger charge is 2.34. The zero-order chi connectivity index (χ0) is 14.8. The summed E-state index contributed by atoms with van der Waals surface area (Å²) in [6, 6.07) is 0. The van der Waals surface area contributed by atoms with Gasteiger partial charge in [-0.25, -0.2) is 0 Å². The zero-order valence-electron chi connectivity index (χ0n) is 12.7. The maximum Gasteiger partial charge on any atom is 0.281 e. The van der Waals surface area contributed by atoms with Gasteiger partial charge in [0.1, 0.15) is 0 Å². The van der Waals surface area contributed by atoms with Crippen LogP contribution in [0.4, 0.5) is 0 Å². The fourth-order valence-electron chi connectivity index (χ4n) is 3.04. The van der Waals surface area contributed by atoms with Gasteiger partial charge >= 0.3 is 0 Å². The van der Waals surface area contributed by atoms with Crippen molar-refractivity contribution in [3.05, 3.63) is 0 Å². The molecule has 2 atom stereocenters. The van der Waals surface area contributed by atoms with Gasteiger partial charge in [-0.1, -0.05) is 0 Å². The summed E-state index contributed by atoms with van der Waals surface area (Å²) in [7, 11) is -1.66. The number of rotatable bonds is 4. The van der Waals surface area contributed by atoms with Crippen LogP contribution in [-0.2, 0) is 14.9 Å². The van der Waals surface area contributed by atoms with E-state index in [2.05, 4.69) is 5.32 Å². The average Bonchev–Trinajstić information content (AvgIpc) is 2.38. The SMILES string of the molecule is CC1CN(S(=O)(=O)N(C)CC2CCNCC2)CC(C)O1. The summed E-state index contributed by atoms with van der Waals surface area (Å²) in [5, 5.41) is 3.31. The molecule has 6 nitrogen and oxygen atoms in total. The van der Waals surface area contributed by atoms with Gasteiger partial charge in [-0.05, 0) is 45.7 Å². The summed E-state index contributed by atoms with van der Waals surface area (Å²) in [4.78, 5) is 0. The minimum absolute atomic E-state index is 0.0409. The van der Waals surface area contributed by atoms with Gasteiger partial charge in [0.15, 0.2) is 0 Å². The highest BCUT2D eigenvalue weighted by Crippen LogP contribution is 2.19. The molecule has 0 bridgehead atoms. The molecule has 20 heavy (non-hydrogen) atoms. The molecule has 0 saturated carbocycles. The third-order valence-electron chi connectivity index (χ3n) is 4.08. The van der Waals surface area contributed by atoms with Crippen molar-refractivity contribution < 1.29 is 13.2 Å². The van der Waals surface area contributed by atoms with Gasteiger partial charge in [0.25, 0.3) is 10.2 Å². The van der Waals surface area contributed by atoms with E-state index in [0.29, 0.717) is 25.6 Å². The first-order valence-corrected chi connectivity index (χ1v) is 8.87. The minimum Gasteiger partial charge on any atom is -0.373 e. The molecule has 2 aliphatic rings. The summed E-state index contributed by atoms with van der Waals surface area (Å²) >= 11 is 0. The molecule has 0 amide bonds. The number of hydrogen-bond acceptors (Lipinski definition) is 4. The molecule has 0 radical (unpaired) electrons. The van der Waals surface area contributed by atoms with Crippen molar-refractivity contribution in [2.75, 3.05) is 39.8 Å². The van der Waals surface area contributed by atoms with E-state index >= 15 is 0 Å². The Kier molecular flexibility index (Phi) is 5.42. The Labute approximate surface area is 122 Å². The number of piperidine rings is 1. The van der Waals surface area contributed by atoms with Gasteiger partial charge < -0.3 is 10.1 Å². The fraction of sp³-hybridized carbons (Fsp3) is 1.00. The lowest BCUT2D eigenvalue weighted by Gasteiger charge is -2.37. The average molecular weight is 305 g/mol. The van der Waals surface area contributed by atoms with Crippen LogP contribution in [0.3, 0.4) is 0 Å². The molecule has 1 N–H and O–H groups in total. The molecular weight excluding hydrogens is 278 g/mol. The molecule has 2 saturated heterocycles. The van der Waals surface area contributed by atoms with Crippen molar-refractivity contribution in [1.29, 1.82) is 0 Å². The molecule has 0 aromatic carbocycles. The third kappa shape index (κ3) is 3.92. The van der Waals surface area contributed by atoms with Crippen LogP contribution in [0.15, 0.2) is 0 Å². The predicted octanol–water partition coefficient (Wildman–Crippen LogP) is 0.272. The minimum atomic E-state index is -3.36. The van der Waals surface area contributed by atoms with Crippen molar-refractivity contribution in [1.82, 2.24) is 13.9 Å². The first-order valence-electron chi connectivity index (χ1n) is 7.47. The van der Waals surface area contributed by atoms with Crippen LogP contribution in [0, 0.1) is 5.92 Å². The van der Waals surface area contributed by atoms with E-state index in [-0.39, 0.29) is 12.2 Å². The van der Waals surface area contributed by atoms with E-state index in [4.69, 9.17) is 4.74 Å². The van der Waals surface area contributed by atoms with Crippen LogP contribution in [0.25, 0.3) is 0 Å². The first kappa shape index (κ1) is 16.2. The molecule has 0 aromatic rings. The van der Waals surface area contributed by atoms with E-state index in [9.17, 15) is 8.42 Å². The standard InChI is InChI=1S/C13H27N3O3S/c1-11-8-16(9-12(2)19-11)20(17,18)15(3)10-13-4-6-14-7-5-13/h11-14H,4-10H2,1-3H3. The molecule has 2 rings (SSSR count). The van der Waals surface area contributed by atoms with E-state index in [1.807, 2.05) is 13.8 Å². The maximum absolute atomic E-state index is 12.6. The quantitative estimate of drug-likeness (QED) is 0.810. The maximum atomic E-state index is 12.6. The molecule has 2 unspecified atom stereocenters. The normalized spacial score (nSPS) is 30.8. The van der Waals surface area contributed by atoms with Crippen LogP contribution < -0.4 is 5.32 Å². The highest BCUT2D eigenvalue weighted by molar-refractivity contribution is 7.86.